The Morgan fingerprint density at radius 1 is 1.07 bits per heavy atom. The monoisotopic (exact) mass is 644 g/mol. The van der Waals surface area contributed by atoms with Crippen LogP contribution in [0.5, 0.6) is 0 Å². The van der Waals surface area contributed by atoms with Gasteiger partial charge in [0.1, 0.15) is 10.8 Å². The van der Waals surface area contributed by atoms with Gasteiger partial charge in [-0.1, -0.05) is 5.92 Å². The zero-order valence-corrected chi connectivity index (χ0v) is 25.7. The van der Waals surface area contributed by atoms with E-state index in [1.54, 1.807) is 23.1 Å². The van der Waals surface area contributed by atoms with Crippen LogP contribution in [0.4, 0.5) is 0 Å². The maximum absolute atomic E-state index is 13.8. The first-order valence-electron chi connectivity index (χ1n) is 14.1. The molecule has 2 fully saturated rings. The van der Waals surface area contributed by atoms with E-state index in [1.807, 2.05) is 0 Å². The van der Waals surface area contributed by atoms with E-state index in [0.717, 1.165) is 6.26 Å². The van der Waals surface area contributed by atoms with Gasteiger partial charge in [-0.25, -0.2) is 21.8 Å². The first kappa shape index (κ1) is 30.3. The predicted molar refractivity (Wildman–Crippen MR) is 157 cm³/mol. The Labute approximate surface area is 255 Å². The molecule has 3 aromatic rings. The number of H-pyrrole nitrogens is 1. The van der Waals surface area contributed by atoms with Crippen LogP contribution in [-0.4, -0.2) is 122 Å². The lowest BCUT2D eigenvalue weighted by Gasteiger charge is -2.40. The zero-order valence-electron chi connectivity index (χ0n) is 24.1. The summed E-state index contributed by atoms with van der Waals surface area (Å²) in [7, 11) is -7.49. The Morgan fingerprint density at radius 2 is 1.84 bits per heavy atom. The number of aromatic nitrogens is 2. The Morgan fingerprint density at radius 3 is 2.57 bits per heavy atom. The van der Waals surface area contributed by atoms with Crippen LogP contribution in [0.3, 0.4) is 0 Å². The third-order valence-electron chi connectivity index (χ3n) is 8.21. The van der Waals surface area contributed by atoms with Gasteiger partial charge in [-0.2, -0.15) is 8.61 Å². The summed E-state index contributed by atoms with van der Waals surface area (Å²) in [5, 5.41) is 0.629. The summed E-state index contributed by atoms with van der Waals surface area (Å²) in [6.07, 6.45) is 6.78. The number of nitrogens with zero attached hydrogens (tertiary/aromatic N) is 5. The smallest absolute Gasteiger partial charge is 0.310 e. The molecule has 0 spiro atoms. The fourth-order valence-electron chi connectivity index (χ4n) is 5.77. The van der Waals surface area contributed by atoms with Crippen LogP contribution in [0.25, 0.3) is 10.9 Å². The lowest BCUT2D eigenvalue weighted by Crippen LogP contribution is -2.58. The minimum Gasteiger partial charge on any atom is -0.436 e. The standard InChI is InChI=1S/C28H32N6O8S2/c1-3-19-4-5-22-20(14-19)15-25(29-22)44(39,40)33-8-9-34(21(17-33)16-26(35)31-10-12-41-13-11-31)28(36)27-30-23-6-7-32(43(2,37)38)18-24(23)42-27/h1,4-5,14-15,21,29H,6-13,16-18H2,2H3. The second-order valence-corrected chi connectivity index (χ2v) is 14.9. The first-order chi connectivity index (χ1) is 20.9. The number of nitrogens with one attached hydrogen (secondary N) is 1. The molecule has 0 saturated carbocycles. The fraction of sp³-hybridized carbons (Fsp3) is 0.464. The van der Waals surface area contributed by atoms with E-state index in [1.165, 1.54) is 19.6 Å². The number of oxazole rings is 1. The maximum atomic E-state index is 13.8. The quantitative estimate of drug-likeness (QED) is 0.370. The number of ether oxygens (including phenoxy) is 1. The topological polar surface area (TPSA) is 166 Å². The number of piperazine rings is 1. The van der Waals surface area contributed by atoms with Crippen molar-refractivity contribution in [3.8, 4) is 12.3 Å². The molecule has 14 nitrogen and oxygen atoms in total. The Kier molecular flexibility index (Phi) is 8.01. The molecular weight excluding hydrogens is 612 g/mol. The number of amides is 2. The van der Waals surface area contributed by atoms with Gasteiger partial charge in [0, 0.05) is 68.6 Å². The Hall–Kier alpha value is -3.75. The summed E-state index contributed by atoms with van der Waals surface area (Å²) in [6, 6.07) is 5.86. The van der Waals surface area contributed by atoms with Crippen LogP contribution in [-0.2, 0) is 42.5 Å². The number of morpholine rings is 1. The number of aromatic amines is 1. The summed E-state index contributed by atoms with van der Waals surface area (Å²) in [6.45, 7) is 1.62. The van der Waals surface area contributed by atoms with Crippen molar-refractivity contribution in [2.75, 3.05) is 58.7 Å². The second kappa shape index (κ2) is 11.6. The minimum absolute atomic E-state index is 0.0108. The first-order valence-corrected chi connectivity index (χ1v) is 17.4. The fourth-order valence-corrected chi connectivity index (χ4v) is 8.03. The molecule has 1 atom stereocenters. The van der Waals surface area contributed by atoms with Crippen molar-refractivity contribution in [2.24, 2.45) is 0 Å². The molecule has 1 N–H and O–H groups in total. The summed E-state index contributed by atoms with van der Waals surface area (Å²) in [5.74, 6) is 1.80. The number of fused-ring (bicyclic) bond motifs is 2. The maximum Gasteiger partial charge on any atom is 0.310 e. The van der Waals surface area contributed by atoms with E-state index >= 15 is 0 Å². The van der Waals surface area contributed by atoms with Crippen LogP contribution >= 0.6 is 0 Å². The lowest BCUT2D eigenvalue weighted by molar-refractivity contribution is -0.136. The molecule has 0 bridgehead atoms. The van der Waals surface area contributed by atoms with E-state index in [9.17, 15) is 26.4 Å². The van der Waals surface area contributed by atoms with Crippen LogP contribution in [0.2, 0.25) is 0 Å². The van der Waals surface area contributed by atoms with E-state index in [4.69, 9.17) is 15.6 Å². The highest BCUT2D eigenvalue weighted by molar-refractivity contribution is 7.89. The molecule has 6 rings (SSSR count). The largest absolute Gasteiger partial charge is 0.436 e. The van der Waals surface area contributed by atoms with Gasteiger partial charge in [0.15, 0.2) is 0 Å². The summed E-state index contributed by atoms with van der Waals surface area (Å²) < 4.78 is 65.3. The number of benzene rings is 1. The van der Waals surface area contributed by atoms with E-state index in [0.29, 0.717) is 54.2 Å². The van der Waals surface area contributed by atoms with Gasteiger partial charge in [-0.3, -0.25) is 9.59 Å². The van der Waals surface area contributed by atoms with Crippen LogP contribution in [0, 0.1) is 12.3 Å². The average molecular weight is 645 g/mol. The van der Waals surface area contributed by atoms with E-state index < -0.39 is 32.0 Å². The normalized spacial score (nSPS) is 20.4. The third-order valence-corrected chi connectivity index (χ3v) is 11.2. The molecule has 1 aromatic carbocycles. The second-order valence-electron chi connectivity index (χ2n) is 11.0. The van der Waals surface area contributed by atoms with Gasteiger partial charge < -0.3 is 23.9 Å². The number of terminal acetylenes is 1. The van der Waals surface area contributed by atoms with Gasteiger partial charge in [-0.05, 0) is 24.3 Å². The van der Waals surface area contributed by atoms with Gasteiger partial charge in [0.25, 0.3) is 15.9 Å². The number of carbonyl (C=O) groups is 2. The Bertz CT molecular complexity index is 1870. The van der Waals surface area contributed by atoms with Crippen molar-refractivity contribution in [3.05, 3.63) is 47.2 Å². The van der Waals surface area contributed by atoms with Gasteiger partial charge in [0.2, 0.25) is 15.9 Å². The lowest BCUT2D eigenvalue weighted by atomic mass is 10.1. The highest BCUT2D eigenvalue weighted by Gasteiger charge is 2.41. The van der Waals surface area contributed by atoms with Gasteiger partial charge in [0.05, 0.1) is 37.8 Å². The Balaban J connectivity index is 1.26. The molecule has 44 heavy (non-hydrogen) atoms. The molecule has 5 heterocycles. The summed E-state index contributed by atoms with van der Waals surface area (Å²) in [4.78, 5) is 37.5. The number of rotatable bonds is 6. The van der Waals surface area contributed by atoms with Crippen molar-refractivity contribution in [1.82, 2.24) is 28.4 Å². The highest BCUT2D eigenvalue weighted by atomic mass is 32.2. The molecule has 2 saturated heterocycles. The number of carbonyl (C=O) groups excluding carboxylic acids is 2. The molecule has 2 aromatic heterocycles. The predicted octanol–water partition coefficient (Wildman–Crippen LogP) is 0.219. The molecule has 1 unspecified atom stereocenters. The molecule has 3 aliphatic heterocycles. The molecule has 0 radical (unpaired) electrons. The SMILES string of the molecule is C#Cc1ccc2[nH]c(S(=O)(=O)N3CCN(C(=O)c4nc5c(o4)CN(S(C)(=O)=O)CC5)C(CC(=O)N4CCOCC4)C3)cc2c1. The number of hydrogen-bond acceptors (Lipinski definition) is 9. The van der Waals surface area contributed by atoms with Crippen LogP contribution < -0.4 is 0 Å². The third kappa shape index (κ3) is 5.85. The number of sulfonamides is 2. The van der Waals surface area contributed by atoms with Crippen molar-refractivity contribution < 1.29 is 35.6 Å². The van der Waals surface area contributed by atoms with Crippen molar-refractivity contribution >= 4 is 42.8 Å². The van der Waals surface area contributed by atoms with Gasteiger partial charge >= 0.3 is 5.91 Å². The van der Waals surface area contributed by atoms with E-state index in [-0.39, 0.29) is 62.4 Å². The van der Waals surface area contributed by atoms with Crippen molar-refractivity contribution in [3.63, 3.8) is 0 Å². The molecule has 234 valence electrons. The number of hydrogen-bond donors (Lipinski definition) is 1. The van der Waals surface area contributed by atoms with Crippen molar-refractivity contribution in [1.29, 1.82) is 0 Å². The van der Waals surface area contributed by atoms with Gasteiger partial charge in [-0.15, -0.1) is 6.42 Å². The molecular formula is C28H32N6O8S2. The molecule has 3 aliphatic rings. The molecule has 16 heteroatoms. The zero-order chi connectivity index (χ0) is 31.2. The van der Waals surface area contributed by atoms with Crippen molar-refractivity contribution in [2.45, 2.75) is 30.5 Å². The summed E-state index contributed by atoms with van der Waals surface area (Å²) in [5.41, 5.74) is 1.73. The minimum atomic E-state index is -4.03. The van der Waals surface area contributed by atoms with Crippen LogP contribution in [0.15, 0.2) is 33.7 Å². The average Bonchev–Trinajstić information content (AvgIpc) is 3.65. The summed E-state index contributed by atoms with van der Waals surface area (Å²) >= 11 is 0. The molecule has 2 amide bonds. The highest BCUT2D eigenvalue weighted by Crippen LogP contribution is 2.28. The van der Waals surface area contributed by atoms with E-state index in [2.05, 4.69) is 15.9 Å². The molecule has 0 aliphatic carbocycles. The van der Waals surface area contributed by atoms with Crippen LogP contribution in [0.1, 0.15) is 34.1 Å².